The van der Waals surface area contributed by atoms with Gasteiger partial charge in [-0.05, 0) is 49.6 Å². The molecule has 0 aromatic rings. The molecular weight excluding hydrogens is 270 g/mol. The van der Waals surface area contributed by atoms with E-state index in [-0.39, 0.29) is 0 Å². The lowest BCUT2D eigenvalue weighted by Crippen LogP contribution is -2.46. The molecule has 1 saturated heterocycles. The predicted octanol–water partition coefficient (Wildman–Crippen LogP) is 3.15. The summed E-state index contributed by atoms with van der Waals surface area (Å²) in [6.45, 7) is 3.26. The van der Waals surface area contributed by atoms with Crippen molar-refractivity contribution < 1.29 is 0 Å². The zero-order chi connectivity index (χ0) is 15.0. The van der Waals surface area contributed by atoms with Gasteiger partial charge >= 0.3 is 0 Å². The van der Waals surface area contributed by atoms with Crippen LogP contribution >= 0.6 is 0 Å². The molecular formula is C19H25N3. The molecule has 3 heteroatoms. The minimum absolute atomic E-state index is 0.584. The molecule has 22 heavy (non-hydrogen) atoms. The smallest absolute Gasteiger partial charge is 0.0373 e. The Balaban J connectivity index is 1.42. The van der Waals surface area contributed by atoms with Crippen molar-refractivity contribution in [2.24, 2.45) is 5.92 Å². The molecule has 3 heterocycles. The zero-order valence-corrected chi connectivity index (χ0v) is 13.0. The quantitative estimate of drug-likeness (QED) is 0.859. The molecule has 2 unspecified atom stereocenters. The number of rotatable bonds is 4. The lowest BCUT2D eigenvalue weighted by Gasteiger charge is -2.34. The molecule has 0 radical (unpaired) electrons. The van der Waals surface area contributed by atoms with Crippen molar-refractivity contribution in [3.05, 3.63) is 73.4 Å². The zero-order valence-electron chi connectivity index (χ0n) is 13.0. The first-order chi connectivity index (χ1) is 10.9. The van der Waals surface area contributed by atoms with Gasteiger partial charge in [0.2, 0.25) is 0 Å². The van der Waals surface area contributed by atoms with Gasteiger partial charge in [-0.3, -0.25) is 0 Å². The lowest BCUT2D eigenvalue weighted by atomic mass is 9.94. The van der Waals surface area contributed by atoms with Gasteiger partial charge in [-0.15, -0.1) is 0 Å². The van der Waals surface area contributed by atoms with Crippen LogP contribution < -0.4 is 5.32 Å². The van der Waals surface area contributed by atoms with Crippen LogP contribution in [0.25, 0.3) is 0 Å². The van der Waals surface area contributed by atoms with E-state index < -0.39 is 0 Å². The van der Waals surface area contributed by atoms with Crippen molar-refractivity contribution in [2.75, 3.05) is 19.6 Å². The monoisotopic (exact) mass is 295 g/mol. The molecule has 0 saturated carbocycles. The Bertz CT molecular complexity index is 437. The van der Waals surface area contributed by atoms with E-state index in [0.717, 1.165) is 25.6 Å². The lowest BCUT2D eigenvalue weighted by molar-refractivity contribution is 0.249. The molecule has 0 spiro atoms. The Morgan fingerprint density at radius 3 is 1.73 bits per heavy atom. The number of allylic oxidation sites excluding steroid dienone is 8. The van der Waals surface area contributed by atoms with Crippen molar-refractivity contribution in [3.8, 4) is 0 Å². The number of hydrogen-bond donors (Lipinski definition) is 1. The van der Waals surface area contributed by atoms with Crippen LogP contribution in [-0.2, 0) is 0 Å². The third-order valence-corrected chi connectivity index (χ3v) is 4.30. The molecule has 3 aliphatic heterocycles. The molecule has 0 bridgehead atoms. The highest BCUT2D eigenvalue weighted by Gasteiger charge is 2.22. The topological polar surface area (TPSA) is 18.5 Å². The summed E-state index contributed by atoms with van der Waals surface area (Å²) in [5, 5.41) is 3.72. The normalized spacial score (nSPS) is 27.3. The molecule has 0 aromatic carbocycles. The highest BCUT2D eigenvalue weighted by atomic mass is 15.1. The Hall–Kier alpha value is -2.00. The first kappa shape index (κ1) is 14.9. The van der Waals surface area contributed by atoms with E-state index in [1.807, 2.05) is 0 Å². The fourth-order valence-electron chi connectivity index (χ4n) is 3.08. The fraction of sp³-hybridized carbons (Fsp3) is 0.368. The number of piperidine rings is 1. The molecule has 1 fully saturated rings. The Morgan fingerprint density at radius 2 is 1.23 bits per heavy atom. The van der Waals surface area contributed by atoms with Crippen LogP contribution in [-0.4, -0.2) is 35.5 Å². The minimum Gasteiger partial charge on any atom is -0.354 e. The average molecular weight is 295 g/mol. The highest BCUT2D eigenvalue weighted by Crippen LogP contribution is 2.18. The summed E-state index contributed by atoms with van der Waals surface area (Å²) in [6, 6.07) is 0.584. The molecule has 116 valence electrons. The molecule has 0 amide bonds. The molecule has 3 rings (SSSR count). The second kappa shape index (κ2) is 7.85. The number of nitrogens with zero attached hydrogens (tertiary/aromatic N) is 2. The fourth-order valence-corrected chi connectivity index (χ4v) is 3.08. The second-order valence-corrected chi connectivity index (χ2v) is 6.08. The summed E-state index contributed by atoms with van der Waals surface area (Å²) < 4.78 is 0. The van der Waals surface area contributed by atoms with Crippen molar-refractivity contribution in [1.29, 1.82) is 0 Å². The summed E-state index contributed by atoms with van der Waals surface area (Å²) in [4.78, 5) is 4.56. The minimum atomic E-state index is 0.584. The van der Waals surface area contributed by atoms with Gasteiger partial charge in [0.15, 0.2) is 0 Å². The van der Waals surface area contributed by atoms with E-state index in [0.29, 0.717) is 6.04 Å². The Morgan fingerprint density at radius 1 is 0.682 bits per heavy atom. The highest BCUT2D eigenvalue weighted by molar-refractivity contribution is 5.16. The maximum absolute atomic E-state index is 3.72. The van der Waals surface area contributed by atoms with Gasteiger partial charge in [-0.1, -0.05) is 24.3 Å². The van der Waals surface area contributed by atoms with Gasteiger partial charge in [-0.2, -0.15) is 0 Å². The van der Waals surface area contributed by atoms with E-state index in [1.54, 1.807) is 0 Å². The van der Waals surface area contributed by atoms with Gasteiger partial charge in [-0.25, -0.2) is 0 Å². The summed E-state index contributed by atoms with van der Waals surface area (Å²) in [7, 11) is 0. The van der Waals surface area contributed by atoms with Crippen molar-refractivity contribution in [1.82, 2.24) is 15.1 Å². The van der Waals surface area contributed by atoms with Crippen LogP contribution in [0.15, 0.2) is 73.4 Å². The largest absolute Gasteiger partial charge is 0.354 e. The summed E-state index contributed by atoms with van der Waals surface area (Å²) >= 11 is 0. The van der Waals surface area contributed by atoms with Crippen LogP contribution in [0.3, 0.4) is 0 Å². The van der Waals surface area contributed by atoms with E-state index >= 15 is 0 Å². The van der Waals surface area contributed by atoms with E-state index in [1.165, 1.54) is 12.8 Å². The number of hydrogen-bond acceptors (Lipinski definition) is 3. The first-order valence-electron chi connectivity index (χ1n) is 8.18. The van der Waals surface area contributed by atoms with Crippen molar-refractivity contribution in [2.45, 2.75) is 18.9 Å². The molecule has 2 atom stereocenters. The Kier molecular flexibility index (Phi) is 5.32. The third-order valence-electron chi connectivity index (χ3n) is 4.30. The summed E-state index contributed by atoms with van der Waals surface area (Å²) in [6.07, 6.45) is 27.8. The predicted molar refractivity (Wildman–Crippen MR) is 92.8 cm³/mol. The maximum atomic E-state index is 3.72. The van der Waals surface area contributed by atoms with Gasteiger partial charge in [0.1, 0.15) is 0 Å². The molecule has 3 nitrogen and oxygen atoms in total. The molecule has 3 aliphatic rings. The van der Waals surface area contributed by atoms with E-state index in [9.17, 15) is 0 Å². The molecule has 0 aromatic heterocycles. The first-order valence-corrected chi connectivity index (χ1v) is 8.18. The molecule has 0 aliphatic carbocycles. The van der Waals surface area contributed by atoms with Gasteiger partial charge in [0.25, 0.3) is 0 Å². The Labute approximate surface area is 133 Å². The van der Waals surface area contributed by atoms with Crippen LogP contribution in [0.2, 0.25) is 0 Å². The van der Waals surface area contributed by atoms with Crippen LogP contribution in [0, 0.1) is 5.92 Å². The third kappa shape index (κ3) is 4.50. The van der Waals surface area contributed by atoms with Crippen LogP contribution in [0.1, 0.15) is 12.8 Å². The van der Waals surface area contributed by atoms with Gasteiger partial charge in [0, 0.05) is 43.9 Å². The van der Waals surface area contributed by atoms with Gasteiger partial charge < -0.3 is 15.1 Å². The summed E-state index contributed by atoms with van der Waals surface area (Å²) in [5.41, 5.74) is 0. The van der Waals surface area contributed by atoms with E-state index in [4.69, 9.17) is 0 Å². The second-order valence-electron chi connectivity index (χ2n) is 6.08. The number of nitrogens with one attached hydrogen (secondary N) is 1. The van der Waals surface area contributed by atoms with Gasteiger partial charge in [0.05, 0.1) is 0 Å². The van der Waals surface area contributed by atoms with Crippen molar-refractivity contribution >= 4 is 0 Å². The maximum Gasteiger partial charge on any atom is 0.0373 e. The standard InChI is InChI=1S/C19H25N3/c1-2-6-12-21(11-5-1)16-18-9-10-19(20-15-18)17-22-13-7-3-4-8-14-22/h1-8,11-14,18-20H,9-10,15-17H2. The molecule has 1 N–H and O–H groups in total. The van der Waals surface area contributed by atoms with Crippen molar-refractivity contribution in [3.63, 3.8) is 0 Å². The van der Waals surface area contributed by atoms with Crippen LogP contribution in [0.5, 0.6) is 0 Å². The average Bonchev–Trinajstić information content (AvgIpc) is 2.94. The van der Waals surface area contributed by atoms with E-state index in [2.05, 4.69) is 88.5 Å². The summed E-state index contributed by atoms with van der Waals surface area (Å²) in [5.74, 6) is 0.723. The SMILES string of the molecule is C1=CC=CN(CC2CCC(CN3C=CC=CC=C3)NC2)C=C1. The van der Waals surface area contributed by atoms with Crippen LogP contribution in [0.4, 0.5) is 0 Å².